The van der Waals surface area contributed by atoms with E-state index in [1.54, 1.807) is 22.7 Å². The van der Waals surface area contributed by atoms with Crippen LogP contribution in [0, 0.1) is 0 Å². The number of amides is 2. The third-order valence-corrected chi connectivity index (χ3v) is 4.77. The van der Waals surface area contributed by atoms with Crippen molar-refractivity contribution in [1.82, 2.24) is 14.7 Å². The largest absolute Gasteiger partial charge is 0.444 e. The maximum Gasteiger partial charge on any atom is 0.410 e. The van der Waals surface area contributed by atoms with Gasteiger partial charge in [0.1, 0.15) is 11.1 Å². The molecule has 1 aliphatic rings. The van der Waals surface area contributed by atoms with E-state index in [1.165, 1.54) is 0 Å². The van der Waals surface area contributed by atoms with Crippen LogP contribution in [0.25, 0.3) is 10.9 Å². The van der Waals surface area contributed by atoms with Crippen LogP contribution in [0.1, 0.15) is 37.6 Å². The Labute approximate surface area is 158 Å². The molecule has 1 fully saturated rings. The Hall–Kier alpha value is -2.77. The lowest BCUT2D eigenvalue weighted by atomic mass is 10.1. The molecule has 0 saturated carbocycles. The van der Waals surface area contributed by atoms with Gasteiger partial charge in [0.15, 0.2) is 0 Å². The topological polar surface area (TPSA) is 93.7 Å². The monoisotopic (exact) mass is 373 g/mol. The Morgan fingerprint density at radius 2 is 2.04 bits per heavy atom. The highest BCUT2D eigenvalue weighted by molar-refractivity contribution is 6.08. The van der Waals surface area contributed by atoms with E-state index in [0.29, 0.717) is 17.6 Å². The first-order valence-electron chi connectivity index (χ1n) is 9.04. The summed E-state index contributed by atoms with van der Waals surface area (Å²) in [6.07, 6.45) is 2.42. The SMILES string of the molecule is CN(C(=O)OC(C)(C)C)[C@@H]1CCN(c2ccc(C(N)=O)c3nn(C)cc23)C1. The van der Waals surface area contributed by atoms with E-state index < -0.39 is 11.5 Å². The Morgan fingerprint density at radius 1 is 1.33 bits per heavy atom. The smallest absolute Gasteiger partial charge is 0.410 e. The zero-order chi connectivity index (χ0) is 19.9. The fourth-order valence-corrected chi connectivity index (χ4v) is 3.44. The molecule has 2 heterocycles. The highest BCUT2D eigenvalue weighted by Gasteiger charge is 2.32. The van der Waals surface area contributed by atoms with Gasteiger partial charge in [0.2, 0.25) is 0 Å². The molecule has 1 atom stereocenters. The van der Waals surface area contributed by atoms with Crippen LogP contribution in [0.15, 0.2) is 18.3 Å². The summed E-state index contributed by atoms with van der Waals surface area (Å²) in [6.45, 7) is 7.07. The third kappa shape index (κ3) is 3.84. The molecule has 1 saturated heterocycles. The summed E-state index contributed by atoms with van der Waals surface area (Å²) >= 11 is 0. The number of primary amides is 1. The Bertz CT molecular complexity index is 883. The Balaban J connectivity index is 1.82. The van der Waals surface area contributed by atoms with Crippen molar-refractivity contribution in [1.29, 1.82) is 0 Å². The molecule has 8 nitrogen and oxygen atoms in total. The van der Waals surface area contributed by atoms with Crippen molar-refractivity contribution in [2.75, 3.05) is 25.0 Å². The maximum atomic E-state index is 12.3. The van der Waals surface area contributed by atoms with Crippen molar-refractivity contribution >= 4 is 28.6 Å². The Kier molecular flexibility index (Phi) is 4.75. The van der Waals surface area contributed by atoms with Crippen molar-refractivity contribution in [3.63, 3.8) is 0 Å². The summed E-state index contributed by atoms with van der Waals surface area (Å²) in [7, 11) is 3.59. The lowest BCUT2D eigenvalue weighted by molar-refractivity contribution is 0.0238. The van der Waals surface area contributed by atoms with Crippen LogP contribution >= 0.6 is 0 Å². The molecule has 1 aliphatic heterocycles. The molecule has 146 valence electrons. The normalized spacial score (nSPS) is 17.4. The standard InChI is InChI=1S/C19H27N5O3/c1-19(2,3)27-18(26)23(5)12-8-9-24(10-12)15-7-6-13(17(20)25)16-14(15)11-22(4)21-16/h6-7,11-12H,8-10H2,1-5H3,(H2,20,25)/t12-/m1/s1. The van der Waals surface area contributed by atoms with E-state index in [2.05, 4.69) is 10.00 Å². The van der Waals surface area contributed by atoms with Crippen molar-refractivity contribution in [3.8, 4) is 0 Å². The number of hydrogen-bond donors (Lipinski definition) is 1. The van der Waals surface area contributed by atoms with Crippen molar-refractivity contribution < 1.29 is 14.3 Å². The van der Waals surface area contributed by atoms with E-state index in [1.807, 2.05) is 40.1 Å². The second-order valence-corrected chi connectivity index (χ2v) is 8.04. The minimum absolute atomic E-state index is 0.0578. The number of benzene rings is 1. The molecule has 2 N–H and O–H groups in total. The molecule has 1 aromatic heterocycles. The van der Waals surface area contributed by atoms with Crippen LogP contribution in [0.3, 0.4) is 0 Å². The lowest BCUT2D eigenvalue weighted by Crippen LogP contribution is -2.42. The van der Waals surface area contributed by atoms with Crippen LogP contribution in [0.2, 0.25) is 0 Å². The van der Waals surface area contributed by atoms with Gasteiger partial charge in [-0.25, -0.2) is 4.79 Å². The number of rotatable bonds is 3. The van der Waals surface area contributed by atoms with Gasteiger partial charge in [-0.1, -0.05) is 0 Å². The number of aryl methyl sites for hydroxylation is 1. The van der Waals surface area contributed by atoms with E-state index in [-0.39, 0.29) is 12.1 Å². The second kappa shape index (κ2) is 6.75. The lowest BCUT2D eigenvalue weighted by Gasteiger charge is -2.29. The van der Waals surface area contributed by atoms with Crippen molar-refractivity contribution in [2.24, 2.45) is 12.8 Å². The molecule has 0 bridgehead atoms. The minimum atomic E-state index is -0.518. The van der Waals surface area contributed by atoms with Gasteiger partial charge < -0.3 is 20.3 Å². The third-order valence-electron chi connectivity index (χ3n) is 4.77. The molecule has 1 aromatic carbocycles. The van der Waals surface area contributed by atoms with Gasteiger partial charge in [-0.05, 0) is 39.3 Å². The van der Waals surface area contributed by atoms with Gasteiger partial charge in [-0.2, -0.15) is 5.10 Å². The maximum absolute atomic E-state index is 12.3. The number of nitrogens with two attached hydrogens (primary N) is 1. The highest BCUT2D eigenvalue weighted by atomic mass is 16.6. The summed E-state index contributed by atoms with van der Waals surface area (Å²) in [6, 6.07) is 3.68. The number of likely N-dealkylation sites (N-methyl/N-ethyl adjacent to an activating group) is 1. The number of nitrogens with zero attached hydrogens (tertiary/aromatic N) is 4. The number of hydrogen-bond acceptors (Lipinski definition) is 5. The van der Waals surface area contributed by atoms with Gasteiger partial charge in [0.05, 0.1) is 11.6 Å². The van der Waals surface area contributed by atoms with Gasteiger partial charge >= 0.3 is 6.09 Å². The molecule has 2 amide bonds. The summed E-state index contributed by atoms with van der Waals surface area (Å²) in [5.41, 5.74) is 6.97. The average molecular weight is 373 g/mol. The van der Waals surface area contributed by atoms with Crippen molar-refractivity contribution in [2.45, 2.75) is 38.8 Å². The van der Waals surface area contributed by atoms with Gasteiger partial charge in [0, 0.05) is 44.5 Å². The fraction of sp³-hybridized carbons (Fsp3) is 0.526. The summed E-state index contributed by atoms with van der Waals surface area (Å²) < 4.78 is 7.15. The average Bonchev–Trinajstić information content (AvgIpc) is 3.17. The number of fused-ring (bicyclic) bond motifs is 1. The molecular formula is C19H27N5O3. The number of anilines is 1. The molecule has 3 rings (SSSR count). The molecule has 2 aromatic rings. The van der Waals surface area contributed by atoms with E-state index in [4.69, 9.17) is 10.5 Å². The number of carbonyl (C=O) groups is 2. The number of carbonyl (C=O) groups excluding carboxylic acids is 2. The first kappa shape index (κ1) is 19.0. The van der Waals surface area contributed by atoms with E-state index in [0.717, 1.165) is 24.0 Å². The fourth-order valence-electron chi connectivity index (χ4n) is 3.44. The number of aromatic nitrogens is 2. The first-order valence-corrected chi connectivity index (χ1v) is 9.04. The quantitative estimate of drug-likeness (QED) is 0.889. The van der Waals surface area contributed by atoms with Crippen LogP contribution < -0.4 is 10.6 Å². The van der Waals surface area contributed by atoms with Gasteiger partial charge in [0.25, 0.3) is 5.91 Å². The molecular weight excluding hydrogens is 346 g/mol. The molecule has 0 radical (unpaired) electrons. The van der Waals surface area contributed by atoms with Crippen LogP contribution in [-0.4, -0.2) is 58.5 Å². The highest BCUT2D eigenvalue weighted by Crippen LogP contribution is 2.32. The molecule has 0 unspecified atom stereocenters. The first-order chi connectivity index (χ1) is 12.6. The molecule has 0 aliphatic carbocycles. The van der Waals surface area contributed by atoms with Crippen molar-refractivity contribution in [3.05, 3.63) is 23.9 Å². The molecule has 27 heavy (non-hydrogen) atoms. The molecule has 8 heteroatoms. The summed E-state index contributed by atoms with van der Waals surface area (Å²) in [4.78, 5) is 27.9. The summed E-state index contributed by atoms with van der Waals surface area (Å²) in [5.74, 6) is -0.491. The zero-order valence-electron chi connectivity index (χ0n) is 16.5. The summed E-state index contributed by atoms with van der Waals surface area (Å²) in [5, 5.41) is 5.28. The predicted octanol–water partition coefficient (Wildman–Crippen LogP) is 2.12. The van der Waals surface area contributed by atoms with Crippen LogP contribution in [0.4, 0.5) is 10.5 Å². The van der Waals surface area contributed by atoms with Gasteiger partial charge in [-0.3, -0.25) is 9.48 Å². The van der Waals surface area contributed by atoms with E-state index >= 15 is 0 Å². The van der Waals surface area contributed by atoms with Crippen LogP contribution in [0.5, 0.6) is 0 Å². The zero-order valence-corrected chi connectivity index (χ0v) is 16.5. The molecule has 0 spiro atoms. The predicted molar refractivity (Wildman–Crippen MR) is 104 cm³/mol. The second-order valence-electron chi connectivity index (χ2n) is 8.04. The van der Waals surface area contributed by atoms with E-state index in [9.17, 15) is 9.59 Å². The van der Waals surface area contributed by atoms with Crippen LogP contribution in [-0.2, 0) is 11.8 Å². The Morgan fingerprint density at radius 3 is 2.67 bits per heavy atom. The number of ether oxygens (including phenoxy) is 1. The van der Waals surface area contributed by atoms with Gasteiger partial charge in [-0.15, -0.1) is 0 Å². The minimum Gasteiger partial charge on any atom is -0.444 e.